The molecule has 0 unspecified atom stereocenters. The highest BCUT2D eigenvalue weighted by molar-refractivity contribution is 6.44. The van der Waals surface area contributed by atoms with Crippen LogP contribution in [-0.2, 0) is 22.4 Å². The second-order valence-electron chi connectivity index (χ2n) is 5.95. The molecule has 1 heterocycles. The van der Waals surface area contributed by atoms with E-state index in [0.717, 1.165) is 35.0 Å². The van der Waals surface area contributed by atoms with Crippen LogP contribution in [0.5, 0.6) is 0 Å². The van der Waals surface area contributed by atoms with Crippen molar-refractivity contribution in [2.75, 3.05) is 10.6 Å². The van der Waals surface area contributed by atoms with Gasteiger partial charge in [0.25, 0.3) is 0 Å². The second kappa shape index (κ2) is 7.78. The number of nitrogens with zero attached hydrogens (tertiary/aromatic N) is 1. The van der Waals surface area contributed by atoms with Crippen LogP contribution in [0.3, 0.4) is 0 Å². The molecule has 0 aliphatic heterocycles. The molecule has 1 aromatic heterocycles. The summed E-state index contributed by atoms with van der Waals surface area (Å²) in [5, 5.41) is 6.34. The zero-order valence-corrected chi connectivity index (χ0v) is 14.9. The predicted molar refractivity (Wildman–Crippen MR) is 104 cm³/mol. The summed E-state index contributed by atoms with van der Waals surface area (Å²) in [6.45, 7) is 4.04. The minimum atomic E-state index is -0.712. The van der Waals surface area contributed by atoms with Gasteiger partial charge in [-0.25, -0.2) is 0 Å². The molecule has 26 heavy (non-hydrogen) atoms. The van der Waals surface area contributed by atoms with Gasteiger partial charge in [0.05, 0.1) is 11.2 Å². The normalized spacial score (nSPS) is 10.5. The summed E-state index contributed by atoms with van der Waals surface area (Å²) < 4.78 is 0. The van der Waals surface area contributed by atoms with E-state index in [1.807, 2.05) is 56.3 Å². The molecule has 0 spiro atoms. The van der Waals surface area contributed by atoms with E-state index in [9.17, 15) is 9.59 Å². The van der Waals surface area contributed by atoms with Crippen LogP contribution < -0.4 is 10.6 Å². The number of amides is 2. The highest BCUT2D eigenvalue weighted by Crippen LogP contribution is 2.23. The lowest BCUT2D eigenvalue weighted by molar-refractivity contribution is -0.132. The standard InChI is InChI=1S/C21H21N3O2/c1-3-14-8-5-9-15(4-2)18(14)24-21(26)20(25)23-17-12-6-10-16-11-7-13-22-19(16)17/h5-13H,3-4H2,1-2H3,(H,23,25)(H,24,26). The molecule has 2 N–H and O–H groups in total. The topological polar surface area (TPSA) is 71.1 Å². The number of fused-ring (bicyclic) bond motifs is 1. The van der Waals surface area contributed by atoms with Crippen LogP contribution in [0.4, 0.5) is 11.4 Å². The van der Waals surface area contributed by atoms with E-state index in [1.165, 1.54) is 0 Å². The first kappa shape index (κ1) is 17.6. The average molecular weight is 347 g/mol. The average Bonchev–Trinajstić information content (AvgIpc) is 2.68. The van der Waals surface area contributed by atoms with Crippen molar-refractivity contribution < 1.29 is 9.59 Å². The van der Waals surface area contributed by atoms with Crippen molar-refractivity contribution in [1.29, 1.82) is 0 Å². The minimum absolute atomic E-state index is 0.516. The lowest BCUT2D eigenvalue weighted by Crippen LogP contribution is -2.30. The number of anilines is 2. The molecule has 0 bridgehead atoms. The molecule has 2 amide bonds. The Labute approximate surface area is 152 Å². The van der Waals surface area contributed by atoms with Crippen LogP contribution in [0.1, 0.15) is 25.0 Å². The van der Waals surface area contributed by atoms with Crippen molar-refractivity contribution in [2.45, 2.75) is 26.7 Å². The fraction of sp³-hybridized carbons (Fsp3) is 0.190. The Balaban J connectivity index is 1.82. The van der Waals surface area contributed by atoms with Gasteiger partial charge < -0.3 is 10.6 Å². The molecule has 0 saturated carbocycles. The maximum absolute atomic E-state index is 12.4. The Morgan fingerprint density at radius 3 is 2.15 bits per heavy atom. The first-order valence-corrected chi connectivity index (χ1v) is 8.70. The number of benzene rings is 2. The molecule has 0 aliphatic rings. The van der Waals surface area contributed by atoms with E-state index in [1.54, 1.807) is 12.3 Å². The van der Waals surface area contributed by atoms with Crippen molar-refractivity contribution in [3.63, 3.8) is 0 Å². The van der Waals surface area contributed by atoms with Crippen LogP contribution in [-0.4, -0.2) is 16.8 Å². The van der Waals surface area contributed by atoms with Gasteiger partial charge in [0.1, 0.15) is 0 Å². The molecule has 0 fully saturated rings. The Hall–Kier alpha value is -3.21. The monoisotopic (exact) mass is 347 g/mol. The second-order valence-corrected chi connectivity index (χ2v) is 5.95. The number of para-hydroxylation sites is 2. The van der Waals surface area contributed by atoms with E-state index in [0.29, 0.717) is 11.2 Å². The van der Waals surface area contributed by atoms with Crippen LogP contribution in [0.25, 0.3) is 10.9 Å². The lowest BCUT2D eigenvalue weighted by Gasteiger charge is -2.14. The number of rotatable bonds is 4. The van der Waals surface area contributed by atoms with Crippen molar-refractivity contribution in [3.05, 3.63) is 65.9 Å². The van der Waals surface area contributed by atoms with Gasteiger partial charge in [-0.2, -0.15) is 0 Å². The fourth-order valence-electron chi connectivity index (χ4n) is 2.96. The maximum Gasteiger partial charge on any atom is 0.314 e. The molecular weight excluding hydrogens is 326 g/mol. The number of hydrogen-bond acceptors (Lipinski definition) is 3. The van der Waals surface area contributed by atoms with E-state index in [4.69, 9.17) is 0 Å². The summed E-state index contributed by atoms with van der Waals surface area (Å²) >= 11 is 0. The molecule has 5 nitrogen and oxygen atoms in total. The summed E-state index contributed by atoms with van der Waals surface area (Å²) in [6, 6.07) is 15.1. The largest absolute Gasteiger partial charge is 0.317 e. The molecule has 2 aromatic carbocycles. The molecule has 132 valence electrons. The van der Waals surface area contributed by atoms with Crippen molar-refractivity contribution in [2.24, 2.45) is 0 Å². The summed E-state index contributed by atoms with van der Waals surface area (Å²) in [5.74, 6) is -1.40. The van der Waals surface area contributed by atoms with Crippen LogP contribution >= 0.6 is 0 Å². The smallest absolute Gasteiger partial charge is 0.314 e. The highest BCUT2D eigenvalue weighted by Gasteiger charge is 2.18. The molecule has 0 atom stereocenters. The number of aromatic nitrogens is 1. The predicted octanol–water partition coefficient (Wildman–Crippen LogP) is 3.94. The number of carbonyl (C=O) groups excluding carboxylic acids is 2. The maximum atomic E-state index is 12.4. The van der Waals surface area contributed by atoms with Crippen molar-refractivity contribution in [1.82, 2.24) is 4.98 Å². The molecule has 0 saturated heterocycles. The number of aryl methyl sites for hydroxylation is 2. The quantitative estimate of drug-likeness (QED) is 0.702. The number of carbonyl (C=O) groups is 2. The lowest BCUT2D eigenvalue weighted by atomic mass is 10.0. The third-order valence-corrected chi connectivity index (χ3v) is 4.32. The van der Waals surface area contributed by atoms with E-state index < -0.39 is 11.8 Å². The number of pyridine rings is 1. The van der Waals surface area contributed by atoms with Crippen molar-refractivity contribution in [3.8, 4) is 0 Å². The molecule has 3 aromatic rings. The van der Waals surface area contributed by atoms with Gasteiger partial charge in [-0.1, -0.05) is 50.2 Å². The van der Waals surface area contributed by atoms with Crippen LogP contribution in [0.15, 0.2) is 54.7 Å². The summed E-state index contributed by atoms with van der Waals surface area (Å²) in [6.07, 6.45) is 3.21. The van der Waals surface area contributed by atoms with E-state index in [2.05, 4.69) is 15.6 Å². The summed E-state index contributed by atoms with van der Waals surface area (Å²) in [7, 11) is 0. The fourth-order valence-corrected chi connectivity index (χ4v) is 2.96. The van der Waals surface area contributed by atoms with Gasteiger partial charge in [-0.15, -0.1) is 0 Å². The minimum Gasteiger partial charge on any atom is -0.317 e. The van der Waals surface area contributed by atoms with Gasteiger partial charge >= 0.3 is 11.8 Å². The van der Waals surface area contributed by atoms with Crippen LogP contribution in [0, 0.1) is 0 Å². The summed E-state index contributed by atoms with van der Waals surface area (Å²) in [4.78, 5) is 29.1. The molecule has 0 aliphatic carbocycles. The number of hydrogen-bond donors (Lipinski definition) is 2. The molecule has 5 heteroatoms. The highest BCUT2D eigenvalue weighted by atomic mass is 16.2. The first-order valence-electron chi connectivity index (χ1n) is 8.70. The van der Waals surface area contributed by atoms with Gasteiger partial charge in [-0.3, -0.25) is 14.6 Å². The van der Waals surface area contributed by atoms with Gasteiger partial charge in [0, 0.05) is 17.3 Å². The van der Waals surface area contributed by atoms with Crippen LogP contribution in [0.2, 0.25) is 0 Å². The Bertz CT molecular complexity index is 939. The zero-order valence-electron chi connectivity index (χ0n) is 14.9. The van der Waals surface area contributed by atoms with Gasteiger partial charge in [-0.05, 0) is 36.1 Å². The molecular formula is C21H21N3O2. The third kappa shape index (κ3) is 3.57. The Morgan fingerprint density at radius 1 is 0.846 bits per heavy atom. The molecule has 0 radical (unpaired) electrons. The Morgan fingerprint density at radius 2 is 1.46 bits per heavy atom. The first-order chi connectivity index (χ1) is 12.6. The zero-order chi connectivity index (χ0) is 18.5. The van der Waals surface area contributed by atoms with E-state index >= 15 is 0 Å². The van der Waals surface area contributed by atoms with Gasteiger partial charge in [0.15, 0.2) is 0 Å². The van der Waals surface area contributed by atoms with Gasteiger partial charge in [0.2, 0.25) is 0 Å². The SMILES string of the molecule is CCc1cccc(CC)c1NC(=O)C(=O)Nc1cccc2cccnc12. The van der Waals surface area contributed by atoms with E-state index in [-0.39, 0.29) is 0 Å². The third-order valence-electron chi connectivity index (χ3n) is 4.32. The number of nitrogens with one attached hydrogen (secondary N) is 2. The Kier molecular flexibility index (Phi) is 5.27. The molecule has 3 rings (SSSR count). The van der Waals surface area contributed by atoms with Crippen molar-refractivity contribution >= 4 is 34.1 Å². The summed E-state index contributed by atoms with van der Waals surface area (Å²) in [5.41, 5.74) is 3.92.